The first-order valence-corrected chi connectivity index (χ1v) is 8.34. The van der Waals surface area contributed by atoms with Crippen LogP contribution in [0.4, 0.5) is 0 Å². The van der Waals surface area contributed by atoms with Crippen LogP contribution in [0.3, 0.4) is 0 Å². The molecule has 3 unspecified atom stereocenters. The summed E-state index contributed by atoms with van der Waals surface area (Å²) in [7, 11) is 0. The SMILES string of the molecule is CC1CCCCC1OCC(O)CNCC1CCOCC1. The molecule has 118 valence electrons. The van der Waals surface area contributed by atoms with Crippen molar-refractivity contribution in [2.24, 2.45) is 11.8 Å². The quantitative estimate of drug-likeness (QED) is 0.751. The Morgan fingerprint density at radius 1 is 1.20 bits per heavy atom. The van der Waals surface area contributed by atoms with E-state index in [1.807, 2.05) is 0 Å². The van der Waals surface area contributed by atoms with Crippen LogP contribution < -0.4 is 5.32 Å². The number of nitrogens with one attached hydrogen (secondary N) is 1. The molecular formula is C16H31NO3. The smallest absolute Gasteiger partial charge is 0.0897 e. The normalized spacial score (nSPS) is 30.3. The highest BCUT2D eigenvalue weighted by atomic mass is 16.5. The Morgan fingerprint density at radius 3 is 2.70 bits per heavy atom. The molecule has 4 nitrogen and oxygen atoms in total. The van der Waals surface area contributed by atoms with E-state index >= 15 is 0 Å². The van der Waals surface area contributed by atoms with Crippen molar-refractivity contribution in [3.63, 3.8) is 0 Å². The Balaban J connectivity index is 1.52. The second kappa shape index (κ2) is 8.98. The van der Waals surface area contributed by atoms with Gasteiger partial charge in [0.05, 0.1) is 18.8 Å². The first kappa shape index (κ1) is 16.2. The maximum absolute atomic E-state index is 9.98. The van der Waals surface area contributed by atoms with Crippen LogP contribution in [0.25, 0.3) is 0 Å². The Labute approximate surface area is 123 Å². The minimum atomic E-state index is -0.385. The van der Waals surface area contributed by atoms with E-state index in [0.717, 1.165) is 39.0 Å². The number of hydrogen-bond acceptors (Lipinski definition) is 4. The summed E-state index contributed by atoms with van der Waals surface area (Å²) in [5.41, 5.74) is 0. The summed E-state index contributed by atoms with van der Waals surface area (Å²) >= 11 is 0. The van der Waals surface area contributed by atoms with Crippen molar-refractivity contribution in [1.29, 1.82) is 0 Å². The fraction of sp³-hybridized carbons (Fsp3) is 1.00. The lowest BCUT2D eigenvalue weighted by molar-refractivity contribution is -0.0454. The Morgan fingerprint density at radius 2 is 1.95 bits per heavy atom. The van der Waals surface area contributed by atoms with Crippen molar-refractivity contribution in [3.8, 4) is 0 Å². The van der Waals surface area contributed by atoms with Crippen molar-refractivity contribution in [2.45, 2.75) is 57.7 Å². The van der Waals surface area contributed by atoms with Crippen LogP contribution in [-0.2, 0) is 9.47 Å². The van der Waals surface area contributed by atoms with E-state index in [9.17, 15) is 5.11 Å². The molecular weight excluding hydrogens is 254 g/mol. The molecule has 0 aromatic rings. The molecule has 2 rings (SSSR count). The second-order valence-electron chi connectivity index (χ2n) is 6.50. The van der Waals surface area contributed by atoms with Crippen LogP contribution >= 0.6 is 0 Å². The summed E-state index contributed by atoms with van der Waals surface area (Å²) in [5.74, 6) is 1.35. The van der Waals surface area contributed by atoms with E-state index in [1.54, 1.807) is 0 Å². The topological polar surface area (TPSA) is 50.7 Å². The fourth-order valence-corrected chi connectivity index (χ4v) is 3.23. The molecule has 1 saturated carbocycles. The van der Waals surface area contributed by atoms with Gasteiger partial charge < -0.3 is 19.9 Å². The van der Waals surface area contributed by atoms with Gasteiger partial charge in [-0.2, -0.15) is 0 Å². The van der Waals surface area contributed by atoms with Crippen LogP contribution in [0, 0.1) is 11.8 Å². The van der Waals surface area contributed by atoms with E-state index in [0.29, 0.717) is 31.1 Å². The molecule has 1 heterocycles. The minimum absolute atomic E-state index is 0.355. The van der Waals surface area contributed by atoms with Gasteiger partial charge in [-0.1, -0.05) is 19.8 Å². The zero-order valence-electron chi connectivity index (χ0n) is 12.9. The molecule has 2 N–H and O–H groups in total. The van der Waals surface area contributed by atoms with E-state index in [2.05, 4.69) is 12.2 Å². The van der Waals surface area contributed by atoms with Crippen molar-refractivity contribution in [3.05, 3.63) is 0 Å². The third-order valence-electron chi connectivity index (χ3n) is 4.69. The number of aliphatic hydroxyl groups is 1. The zero-order chi connectivity index (χ0) is 14.2. The number of hydrogen-bond donors (Lipinski definition) is 2. The van der Waals surface area contributed by atoms with Crippen LogP contribution in [0.1, 0.15) is 45.4 Å². The lowest BCUT2D eigenvalue weighted by Crippen LogP contribution is -2.37. The highest BCUT2D eigenvalue weighted by molar-refractivity contribution is 4.73. The van der Waals surface area contributed by atoms with Gasteiger partial charge in [0.15, 0.2) is 0 Å². The molecule has 0 aromatic heterocycles. The fourth-order valence-electron chi connectivity index (χ4n) is 3.23. The highest BCUT2D eigenvalue weighted by Gasteiger charge is 2.22. The molecule has 3 atom stereocenters. The molecule has 20 heavy (non-hydrogen) atoms. The summed E-state index contributed by atoms with van der Waals surface area (Å²) < 4.78 is 11.2. The number of aliphatic hydroxyl groups excluding tert-OH is 1. The number of rotatable bonds is 7. The van der Waals surface area contributed by atoms with Crippen LogP contribution in [0.2, 0.25) is 0 Å². The molecule has 0 radical (unpaired) electrons. The minimum Gasteiger partial charge on any atom is -0.389 e. The van der Waals surface area contributed by atoms with E-state index in [-0.39, 0.29) is 6.10 Å². The number of ether oxygens (including phenoxy) is 2. The third-order valence-corrected chi connectivity index (χ3v) is 4.69. The van der Waals surface area contributed by atoms with Crippen LogP contribution in [0.5, 0.6) is 0 Å². The van der Waals surface area contributed by atoms with Gasteiger partial charge in [0.1, 0.15) is 0 Å². The second-order valence-corrected chi connectivity index (χ2v) is 6.50. The van der Waals surface area contributed by atoms with E-state index in [4.69, 9.17) is 9.47 Å². The van der Waals surface area contributed by atoms with Crippen molar-refractivity contribution in [2.75, 3.05) is 32.9 Å². The molecule has 4 heteroatoms. The molecule has 0 amide bonds. The molecule has 2 aliphatic rings. The summed E-state index contributed by atoms with van der Waals surface area (Å²) in [6, 6.07) is 0. The Kier molecular flexibility index (Phi) is 7.28. The van der Waals surface area contributed by atoms with Crippen molar-refractivity contribution >= 4 is 0 Å². The van der Waals surface area contributed by atoms with Crippen LogP contribution in [0.15, 0.2) is 0 Å². The average Bonchev–Trinajstić information content (AvgIpc) is 2.47. The Hall–Kier alpha value is -0.160. The van der Waals surface area contributed by atoms with E-state index < -0.39 is 0 Å². The standard InChI is InChI=1S/C16H31NO3/c1-13-4-2-3-5-16(13)20-12-15(18)11-17-10-14-6-8-19-9-7-14/h13-18H,2-12H2,1H3. The summed E-state index contributed by atoms with van der Waals surface area (Å²) in [4.78, 5) is 0. The largest absolute Gasteiger partial charge is 0.389 e. The average molecular weight is 285 g/mol. The lowest BCUT2D eigenvalue weighted by atomic mass is 9.88. The molecule has 1 saturated heterocycles. The molecule has 0 bridgehead atoms. The Bertz CT molecular complexity index is 256. The predicted octanol–water partition coefficient (Wildman–Crippen LogP) is 1.96. The molecule has 0 aromatic carbocycles. The zero-order valence-corrected chi connectivity index (χ0v) is 12.9. The van der Waals surface area contributed by atoms with Crippen molar-refractivity contribution < 1.29 is 14.6 Å². The maximum Gasteiger partial charge on any atom is 0.0897 e. The van der Waals surface area contributed by atoms with Gasteiger partial charge in [0.2, 0.25) is 0 Å². The highest BCUT2D eigenvalue weighted by Crippen LogP contribution is 2.26. The molecule has 1 aliphatic heterocycles. The van der Waals surface area contributed by atoms with Gasteiger partial charge in [-0.05, 0) is 44.1 Å². The summed E-state index contributed by atoms with van der Waals surface area (Å²) in [5, 5.41) is 13.4. The van der Waals surface area contributed by atoms with Gasteiger partial charge in [0, 0.05) is 19.8 Å². The monoisotopic (exact) mass is 285 g/mol. The predicted molar refractivity (Wildman–Crippen MR) is 79.8 cm³/mol. The lowest BCUT2D eigenvalue weighted by Gasteiger charge is -2.29. The van der Waals surface area contributed by atoms with Gasteiger partial charge >= 0.3 is 0 Å². The molecule has 2 fully saturated rings. The van der Waals surface area contributed by atoms with Crippen LogP contribution in [-0.4, -0.2) is 50.2 Å². The van der Waals surface area contributed by atoms with Gasteiger partial charge in [-0.15, -0.1) is 0 Å². The van der Waals surface area contributed by atoms with Crippen molar-refractivity contribution in [1.82, 2.24) is 5.32 Å². The van der Waals surface area contributed by atoms with Gasteiger partial charge in [0.25, 0.3) is 0 Å². The molecule has 0 spiro atoms. The summed E-state index contributed by atoms with van der Waals surface area (Å²) in [6.45, 7) is 6.13. The van der Waals surface area contributed by atoms with E-state index in [1.165, 1.54) is 19.3 Å². The molecule has 1 aliphatic carbocycles. The first-order chi connectivity index (χ1) is 9.75. The third kappa shape index (κ3) is 5.68. The first-order valence-electron chi connectivity index (χ1n) is 8.34. The maximum atomic E-state index is 9.98. The van der Waals surface area contributed by atoms with Gasteiger partial charge in [-0.25, -0.2) is 0 Å². The summed E-state index contributed by atoms with van der Waals surface area (Å²) in [6.07, 6.45) is 7.27. The van der Waals surface area contributed by atoms with Gasteiger partial charge in [-0.3, -0.25) is 0 Å².